The smallest absolute Gasteiger partial charge is 0.328 e. The normalized spacial score (nSPS) is 17.9. The van der Waals surface area contributed by atoms with Crippen molar-refractivity contribution in [1.29, 1.82) is 0 Å². The zero-order valence-corrected chi connectivity index (χ0v) is 14.9. The maximum absolute atomic E-state index is 12.7. The number of likely N-dealkylation sites (tertiary alicyclic amines) is 1. The Hall–Kier alpha value is -2.15. The number of nitrogens with zero attached hydrogens (tertiary/aromatic N) is 1. The van der Waals surface area contributed by atoms with Gasteiger partial charge in [0.25, 0.3) is 5.91 Å². The van der Waals surface area contributed by atoms with Gasteiger partial charge in [0.15, 0.2) is 0 Å². The van der Waals surface area contributed by atoms with E-state index in [4.69, 9.17) is 4.74 Å². The summed E-state index contributed by atoms with van der Waals surface area (Å²) in [5, 5.41) is 2.64. The van der Waals surface area contributed by atoms with Gasteiger partial charge in [-0.3, -0.25) is 9.59 Å². The Balaban J connectivity index is 2.08. The van der Waals surface area contributed by atoms with Gasteiger partial charge in [-0.2, -0.15) is 0 Å². The third-order valence-electron chi connectivity index (χ3n) is 3.90. The fraction of sp³-hybridized carbons (Fsp3) is 0.353. The summed E-state index contributed by atoms with van der Waals surface area (Å²) in [6, 6.07) is 5.29. The van der Waals surface area contributed by atoms with Crippen LogP contribution in [-0.2, 0) is 14.3 Å². The van der Waals surface area contributed by atoms with Gasteiger partial charge in [0.05, 0.1) is 7.11 Å². The molecule has 1 aliphatic rings. The van der Waals surface area contributed by atoms with Crippen molar-refractivity contribution in [3.63, 3.8) is 0 Å². The van der Waals surface area contributed by atoms with Gasteiger partial charge < -0.3 is 15.0 Å². The third-order valence-corrected chi connectivity index (χ3v) is 4.43. The molecule has 7 heteroatoms. The van der Waals surface area contributed by atoms with Gasteiger partial charge >= 0.3 is 5.97 Å². The maximum Gasteiger partial charge on any atom is 0.328 e. The predicted octanol–water partition coefficient (Wildman–Crippen LogP) is 1.90. The number of benzene rings is 1. The minimum absolute atomic E-state index is 0.358. The van der Waals surface area contributed by atoms with Crippen molar-refractivity contribution in [3.05, 3.63) is 47.0 Å². The summed E-state index contributed by atoms with van der Waals surface area (Å²) in [6.45, 7) is 4.07. The first-order valence-corrected chi connectivity index (χ1v) is 8.34. The van der Waals surface area contributed by atoms with E-state index in [9.17, 15) is 14.4 Å². The highest BCUT2D eigenvalue weighted by Gasteiger charge is 2.37. The van der Waals surface area contributed by atoms with Crippen LogP contribution in [0.2, 0.25) is 0 Å². The second-order valence-electron chi connectivity index (χ2n) is 5.41. The second kappa shape index (κ2) is 8.10. The molecule has 0 saturated carbocycles. The molecule has 6 nitrogen and oxygen atoms in total. The van der Waals surface area contributed by atoms with Gasteiger partial charge in [-0.25, -0.2) is 4.79 Å². The van der Waals surface area contributed by atoms with E-state index in [1.165, 1.54) is 18.1 Å². The number of esters is 1. The molecule has 0 bridgehead atoms. The molecule has 1 N–H and O–H groups in total. The van der Waals surface area contributed by atoms with Crippen molar-refractivity contribution >= 4 is 33.7 Å². The second-order valence-corrected chi connectivity index (χ2v) is 6.32. The van der Waals surface area contributed by atoms with Crippen LogP contribution < -0.4 is 5.32 Å². The lowest BCUT2D eigenvalue weighted by Gasteiger charge is -2.26. The molecule has 1 aromatic carbocycles. The Bertz CT molecular complexity index is 644. The molecule has 2 rings (SSSR count). The topological polar surface area (TPSA) is 75.7 Å². The summed E-state index contributed by atoms with van der Waals surface area (Å²) in [5.41, 5.74) is 0.434. The minimum Gasteiger partial charge on any atom is -0.467 e. The number of amides is 2. The van der Waals surface area contributed by atoms with Crippen LogP contribution in [0.25, 0.3) is 0 Å². The Morgan fingerprint density at radius 2 is 2.04 bits per heavy atom. The largest absolute Gasteiger partial charge is 0.467 e. The molecule has 24 heavy (non-hydrogen) atoms. The van der Waals surface area contributed by atoms with Gasteiger partial charge in [-0.1, -0.05) is 22.0 Å². The SMILES string of the molecule is C=C[C@H](NC(=O)c1ccc(Br)cc1)C(=O)N1CCC[C@H]1C(=O)OC. The van der Waals surface area contributed by atoms with E-state index in [1.807, 2.05) is 0 Å². The van der Waals surface area contributed by atoms with Gasteiger partial charge in [0.2, 0.25) is 5.91 Å². The molecular weight excluding hydrogens is 376 g/mol. The van der Waals surface area contributed by atoms with E-state index in [0.29, 0.717) is 18.5 Å². The number of nitrogens with one attached hydrogen (secondary N) is 1. The first-order valence-electron chi connectivity index (χ1n) is 7.55. The first-order chi connectivity index (χ1) is 11.5. The van der Waals surface area contributed by atoms with Crippen molar-refractivity contribution in [1.82, 2.24) is 10.2 Å². The molecule has 0 aromatic heterocycles. The first kappa shape index (κ1) is 18.2. The molecule has 2 amide bonds. The standard InChI is InChI=1S/C17H19BrN2O4/c1-3-13(19-15(21)11-6-8-12(18)9-7-11)16(22)20-10-4-5-14(20)17(23)24-2/h3,6-9,13-14H,1,4-5,10H2,2H3,(H,19,21)/t13-,14-/m0/s1. The zero-order valence-electron chi connectivity index (χ0n) is 13.3. The minimum atomic E-state index is -0.897. The van der Waals surface area contributed by atoms with E-state index in [1.54, 1.807) is 24.3 Å². The average Bonchev–Trinajstić information content (AvgIpc) is 3.08. The maximum atomic E-state index is 12.7. The van der Waals surface area contributed by atoms with Crippen molar-refractivity contribution in [2.75, 3.05) is 13.7 Å². The molecule has 1 aromatic rings. The van der Waals surface area contributed by atoms with Crippen LogP contribution in [-0.4, -0.2) is 48.4 Å². The van der Waals surface area contributed by atoms with Crippen LogP contribution in [0.4, 0.5) is 0 Å². The molecule has 1 aliphatic heterocycles. The fourth-order valence-corrected chi connectivity index (χ4v) is 2.90. The van der Waals surface area contributed by atoms with Crippen LogP contribution in [0.1, 0.15) is 23.2 Å². The Morgan fingerprint density at radius 1 is 1.38 bits per heavy atom. The van der Waals surface area contributed by atoms with E-state index in [-0.39, 0.29) is 11.8 Å². The number of methoxy groups -OCH3 is 1. The predicted molar refractivity (Wildman–Crippen MR) is 92.3 cm³/mol. The average molecular weight is 395 g/mol. The van der Waals surface area contributed by atoms with Crippen molar-refractivity contribution in [2.45, 2.75) is 24.9 Å². The summed E-state index contributed by atoms with van der Waals surface area (Å²) in [6.07, 6.45) is 2.64. The van der Waals surface area contributed by atoms with E-state index in [0.717, 1.165) is 10.9 Å². The molecule has 1 fully saturated rings. The lowest BCUT2D eigenvalue weighted by Crippen LogP contribution is -2.51. The summed E-state index contributed by atoms with van der Waals surface area (Å²) < 4.78 is 5.59. The summed E-state index contributed by atoms with van der Waals surface area (Å²) in [7, 11) is 1.30. The quantitative estimate of drug-likeness (QED) is 0.611. The zero-order chi connectivity index (χ0) is 17.7. The number of hydrogen-bond donors (Lipinski definition) is 1. The van der Waals surface area contributed by atoms with Crippen LogP contribution in [0.15, 0.2) is 41.4 Å². The van der Waals surface area contributed by atoms with Crippen molar-refractivity contribution in [2.24, 2.45) is 0 Å². The van der Waals surface area contributed by atoms with Gasteiger partial charge in [-0.05, 0) is 37.1 Å². The molecule has 1 saturated heterocycles. The van der Waals surface area contributed by atoms with Crippen LogP contribution >= 0.6 is 15.9 Å². The summed E-state index contributed by atoms with van der Waals surface area (Å²) in [5.74, 6) is -1.18. The number of rotatable bonds is 5. The van der Waals surface area contributed by atoms with Crippen molar-refractivity contribution in [3.8, 4) is 0 Å². The fourth-order valence-electron chi connectivity index (χ4n) is 2.64. The van der Waals surface area contributed by atoms with Crippen LogP contribution in [0.5, 0.6) is 0 Å². The molecule has 2 atom stereocenters. The number of hydrogen-bond acceptors (Lipinski definition) is 4. The van der Waals surface area contributed by atoms with Gasteiger partial charge in [-0.15, -0.1) is 6.58 Å². The van der Waals surface area contributed by atoms with Crippen LogP contribution in [0.3, 0.4) is 0 Å². The Labute approximate surface area is 149 Å². The molecule has 1 heterocycles. The number of halogens is 1. The molecular formula is C17H19BrN2O4. The summed E-state index contributed by atoms with van der Waals surface area (Å²) >= 11 is 3.30. The molecule has 0 aliphatic carbocycles. The van der Waals surface area contributed by atoms with Gasteiger partial charge in [0, 0.05) is 16.6 Å². The highest BCUT2D eigenvalue weighted by Crippen LogP contribution is 2.20. The van der Waals surface area contributed by atoms with Crippen LogP contribution in [0, 0.1) is 0 Å². The molecule has 0 unspecified atom stereocenters. The number of carbonyl (C=O) groups excluding carboxylic acids is 3. The third kappa shape index (κ3) is 4.03. The Kier molecular flexibility index (Phi) is 6.14. The van der Waals surface area contributed by atoms with Gasteiger partial charge in [0.1, 0.15) is 12.1 Å². The highest BCUT2D eigenvalue weighted by molar-refractivity contribution is 9.10. The summed E-state index contributed by atoms with van der Waals surface area (Å²) in [4.78, 5) is 38.2. The Morgan fingerprint density at radius 3 is 2.62 bits per heavy atom. The molecule has 0 radical (unpaired) electrons. The number of ether oxygens (including phenoxy) is 1. The van der Waals surface area contributed by atoms with Crippen molar-refractivity contribution < 1.29 is 19.1 Å². The van der Waals surface area contributed by atoms with E-state index in [2.05, 4.69) is 27.8 Å². The number of carbonyl (C=O) groups is 3. The monoisotopic (exact) mass is 394 g/mol. The van der Waals surface area contributed by atoms with E-state index >= 15 is 0 Å². The lowest BCUT2D eigenvalue weighted by atomic mass is 10.1. The van der Waals surface area contributed by atoms with E-state index < -0.39 is 18.1 Å². The molecule has 128 valence electrons. The molecule has 0 spiro atoms. The lowest BCUT2D eigenvalue weighted by molar-refractivity contribution is -0.151. The highest BCUT2D eigenvalue weighted by atomic mass is 79.9.